The maximum atomic E-state index is 11.7. The number of hydrogen-bond donors (Lipinski definition) is 6. The van der Waals surface area contributed by atoms with Gasteiger partial charge >= 0.3 is 17.9 Å². The van der Waals surface area contributed by atoms with E-state index in [0.717, 1.165) is 15.2 Å². The van der Waals surface area contributed by atoms with E-state index in [4.69, 9.17) is 0 Å². The summed E-state index contributed by atoms with van der Waals surface area (Å²) in [7, 11) is 0. The fourth-order valence-corrected chi connectivity index (χ4v) is 3.94. The van der Waals surface area contributed by atoms with Crippen molar-refractivity contribution in [1.82, 2.24) is 20.4 Å². The second kappa shape index (κ2) is 12.9. The zero-order chi connectivity index (χ0) is 23.6. The molecule has 0 bridgehead atoms. The zero-order valence-corrected chi connectivity index (χ0v) is 17.8. The molecular formula is C18H34N4O9. The molecule has 0 aliphatic carbocycles. The predicted octanol–water partition coefficient (Wildman–Crippen LogP) is 0.134. The standard InChI is InChI=1S/C18H34N4O9/c1-2-9-20-19(12-17(29)30)18(10-15(25)26,11-16(27)28)8-6-4-3-5-7-14(24)22(31)21(20)13-23/h14,23-24,31H,2-13H2,1H3,(H,25,26)(H,27,28)(H,29,30). The number of carboxylic acids is 3. The van der Waals surface area contributed by atoms with Crippen LogP contribution in [0.3, 0.4) is 0 Å². The first-order chi connectivity index (χ1) is 14.6. The van der Waals surface area contributed by atoms with Gasteiger partial charge in [0.15, 0.2) is 0 Å². The van der Waals surface area contributed by atoms with Gasteiger partial charge in [0.05, 0.1) is 18.4 Å². The quantitative estimate of drug-likeness (QED) is 0.279. The molecule has 180 valence electrons. The summed E-state index contributed by atoms with van der Waals surface area (Å²) >= 11 is 0. The van der Waals surface area contributed by atoms with Crippen LogP contribution in [-0.4, -0.2) is 101 Å². The Bertz CT molecular complexity index is 591. The minimum atomic E-state index is -1.65. The molecule has 0 aromatic rings. The first-order valence-corrected chi connectivity index (χ1v) is 10.3. The van der Waals surface area contributed by atoms with Crippen LogP contribution in [0, 0.1) is 0 Å². The van der Waals surface area contributed by atoms with Crippen LogP contribution in [0.1, 0.15) is 64.7 Å². The fraction of sp³-hybridized carbons (Fsp3) is 0.833. The zero-order valence-electron chi connectivity index (χ0n) is 17.8. The van der Waals surface area contributed by atoms with Crippen LogP contribution in [0.5, 0.6) is 0 Å². The van der Waals surface area contributed by atoms with Crippen molar-refractivity contribution in [3.63, 3.8) is 0 Å². The summed E-state index contributed by atoms with van der Waals surface area (Å²) in [5, 5.41) is 62.8. The van der Waals surface area contributed by atoms with Crippen LogP contribution >= 0.6 is 0 Å². The van der Waals surface area contributed by atoms with E-state index in [9.17, 15) is 45.1 Å². The molecule has 1 aliphatic rings. The van der Waals surface area contributed by atoms with Crippen molar-refractivity contribution in [3.8, 4) is 0 Å². The van der Waals surface area contributed by atoms with E-state index in [2.05, 4.69) is 0 Å². The summed E-state index contributed by atoms with van der Waals surface area (Å²) in [5.41, 5.74) is -1.65. The molecule has 1 rings (SSSR count). The Balaban J connectivity index is 3.66. The minimum Gasteiger partial charge on any atom is -0.481 e. The first-order valence-electron chi connectivity index (χ1n) is 10.3. The number of aliphatic hydroxyl groups is 2. The van der Waals surface area contributed by atoms with E-state index < -0.39 is 55.8 Å². The molecule has 1 aliphatic heterocycles. The lowest BCUT2D eigenvalue weighted by Gasteiger charge is -2.51. The van der Waals surface area contributed by atoms with Crippen LogP contribution in [0.15, 0.2) is 0 Å². The number of carboxylic acid groups (broad SMARTS) is 3. The molecule has 0 spiro atoms. The van der Waals surface area contributed by atoms with E-state index >= 15 is 0 Å². The van der Waals surface area contributed by atoms with Crippen molar-refractivity contribution < 1.29 is 45.1 Å². The van der Waals surface area contributed by atoms with E-state index in [-0.39, 0.29) is 19.4 Å². The van der Waals surface area contributed by atoms with Crippen LogP contribution in [0.25, 0.3) is 0 Å². The summed E-state index contributed by atoms with van der Waals surface area (Å²) in [4.78, 5) is 35.2. The molecule has 31 heavy (non-hydrogen) atoms. The summed E-state index contributed by atoms with van der Waals surface area (Å²) in [5.74, 6) is -3.97. The smallest absolute Gasteiger partial charge is 0.319 e. The molecule has 1 fully saturated rings. The van der Waals surface area contributed by atoms with Gasteiger partial charge in [-0.15, -0.1) is 5.12 Å². The highest BCUT2D eigenvalue weighted by Gasteiger charge is 2.46. The Morgan fingerprint density at radius 2 is 1.52 bits per heavy atom. The maximum Gasteiger partial charge on any atom is 0.319 e. The van der Waals surface area contributed by atoms with Crippen molar-refractivity contribution in [2.24, 2.45) is 0 Å². The number of aliphatic carboxylic acids is 3. The third-order valence-electron chi connectivity index (χ3n) is 5.25. The summed E-state index contributed by atoms with van der Waals surface area (Å²) in [6.07, 6.45) is 0.116. The Morgan fingerprint density at radius 3 is 2.00 bits per heavy atom. The van der Waals surface area contributed by atoms with Gasteiger partial charge in [-0.05, 0) is 25.7 Å². The van der Waals surface area contributed by atoms with Gasteiger partial charge in [-0.2, -0.15) is 5.12 Å². The maximum absolute atomic E-state index is 11.7. The van der Waals surface area contributed by atoms with E-state index in [1.54, 1.807) is 6.92 Å². The van der Waals surface area contributed by atoms with Crippen LogP contribution in [0.2, 0.25) is 0 Å². The Kier molecular flexibility index (Phi) is 11.3. The Labute approximate surface area is 180 Å². The van der Waals surface area contributed by atoms with E-state index in [1.807, 2.05) is 0 Å². The minimum absolute atomic E-state index is 0.0125. The number of carbonyl (C=O) groups is 3. The van der Waals surface area contributed by atoms with Gasteiger partial charge in [0.25, 0.3) is 0 Å². The molecular weight excluding hydrogens is 416 g/mol. The molecule has 0 aromatic carbocycles. The third kappa shape index (κ3) is 7.96. The number of hydrazine groups is 3. The van der Waals surface area contributed by atoms with Crippen LogP contribution < -0.4 is 0 Å². The van der Waals surface area contributed by atoms with Crippen molar-refractivity contribution in [2.45, 2.75) is 76.5 Å². The van der Waals surface area contributed by atoms with E-state index in [0.29, 0.717) is 37.3 Å². The summed E-state index contributed by atoms with van der Waals surface area (Å²) in [6.45, 7) is 0.0956. The molecule has 1 saturated heterocycles. The molecule has 13 heteroatoms. The van der Waals surface area contributed by atoms with Crippen LogP contribution in [-0.2, 0) is 14.4 Å². The normalized spacial score (nSPS) is 23.0. The lowest BCUT2D eigenvalue weighted by atomic mass is 9.84. The summed E-state index contributed by atoms with van der Waals surface area (Å²) < 4.78 is 0. The molecule has 0 saturated carbocycles. The Hall–Kier alpha value is -1.87. The monoisotopic (exact) mass is 450 g/mol. The lowest BCUT2D eigenvalue weighted by molar-refractivity contribution is -0.432. The average Bonchev–Trinajstić information content (AvgIpc) is 2.66. The van der Waals surface area contributed by atoms with Gasteiger partial charge in [-0.1, -0.05) is 31.4 Å². The number of hydrogen-bond acceptors (Lipinski definition) is 10. The first kappa shape index (κ1) is 27.2. The number of rotatable bonds is 9. The van der Waals surface area contributed by atoms with Gasteiger partial charge in [0.2, 0.25) is 0 Å². The van der Waals surface area contributed by atoms with Gasteiger partial charge in [-0.25, -0.2) is 5.01 Å². The number of nitrogens with zero attached hydrogens (tertiary/aromatic N) is 4. The molecule has 0 radical (unpaired) electrons. The second-order valence-corrected chi connectivity index (χ2v) is 7.68. The molecule has 1 atom stereocenters. The highest BCUT2D eigenvalue weighted by Crippen LogP contribution is 2.34. The van der Waals surface area contributed by atoms with Gasteiger partial charge < -0.3 is 25.5 Å². The van der Waals surface area contributed by atoms with Crippen molar-refractivity contribution in [3.05, 3.63) is 0 Å². The van der Waals surface area contributed by atoms with Gasteiger partial charge in [-0.3, -0.25) is 19.6 Å². The van der Waals surface area contributed by atoms with Gasteiger partial charge in [0.1, 0.15) is 19.5 Å². The highest BCUT2D eigenvalue weighted by atomic mass is 16.6. The topological polar surface area (TPSA) is 186 Å². The molecule has 0 aromatic heterocycles. The largest absolute Gasteiger partial charge is 0.481 e. The fourth-order valence-electron chi connectivity index (χ4n) is 3.94. The molecule has 0 amide bonds. The van der Waals surface area contributed by atoms with Crippen molar-refractivity contribution in [2.75, 3.05) is 19.8 Å². The van der Waals surface area contributed by atoms with Crippen LogP contribution in [0.4, 0.5) is 0 Å². The van der Waals surface area contributed by atoms with E-state index in [1.165, 1.54) is 0 Å². The molecule has 6 N–H and O–H groups in total. The molecule has 1 unspecified atom stereocenters. The number of aliphatic hydroxyl groups excluding tert-OH is 2. The van der Waals surface area contributed by atoms with Gasteiger partial charge in [0, 0.05) is 6.54 Å². The predicted molar refractivity (Wildman–Crippen MR) is 105 cm³/mol. The van der Waals surface area contributed by atoms with Crippen molar-refractivity contribution in [1.29, 1.82) is 0 Å². The molecule has 13 nitrogen and oxygen atoms in total. The van der Waals surface area contributed by atoms with Crippen molar-refractivity contribution >= 4 is 17.9 Å². The average molecular weight is 450 g/mol. The lowest BCUT2D eigenvalue weighted by Crippen LogP contribution is -2.68. The summed E-state index contributed by atoms with van der Waals surface area (Å²) in [6, 6.07) is 0. The number of hydroxylamine groups is 1. The second-order valence-electron chi connectivity index (χ2n) is 7.68. The SMILES string of the molecule is CCCN1N(CO)N(O)C(O)CCCCCCC(CC(=O)O)(CC(=O)O)N1CC(=O)O. The Morgan fingerprint density at radius 1 is 0.935 bits per heavy atom. The highest BCUT2D eigenvalue weighted by molar-refractivity contribution is 5.74. The molecule has 1 heterocycles. The third-order valence-corrected chi connectivity index (χ3v) is 5.25.